The van der Waals surface area contributed by atoms with Gasteiger partial charge in [-0.05, 0) is 53.0 Å². The number of nitrogens with one attached hydrogen (secondary N) is 1. The molecule has 2 atom stereocenters. The molecular formula is C29H38N8O3S. The van der Waals surface area contributed by atoms with Crippen molar-refractivity contribution in [2.75, 3.05) is 63.1 Å². The first-order chi connectivity index (χ1) is 19.5. The standard InChI is InChI=1S/C29H38N8O3S/c1-19-23-16-32-37(26(23)14-25(33-19)24-15-30-10-8-27(24)40-5)29-13-22(12-28(34-29)31-9-7-11-35(3)4)36-17-21(20(36)2)18-41(6,38)39/h8,10,12-16,20-21H,7,9,11,17-18H2,1-6H3,(H,31,34)/t20-,21-/m1/s1. The van der Waals surface area contributed by atoms with E-state index in [1.54, 1.807) is 19.5 Å². The van der Waals surface area contributed by atoms with Crippen LogP contribution in [-0.4, -0.2) is 96.9 Å². The molecule has 4 aromatic rings. The first kappa shape index (κ1) is 28.7. The van der Waals surface area contributed by atoms with Crippen LogP contribution in [0.2, 0.25) is 0 Å². The Balaban J connectivity index is 1.54. The Kier molecular flexibility index (Phi) is 8.14. The van der Waals surface area contributed by atoms with Crippen LogP contribution in [0, 0.1) is 12.8 Å². The van der Waals surface area contributed by atoms with E-state index in [0.717, 1.165) is 58.9 Å². The normalized spacial score (nSPS) is 17.2. The highest BCUT2D eigenvalue weighted by Gasteiger charge is 2.38. The quantitative estimate of drug-likeness (QED) is 0.265. The zero-order valence-electron chi connectivity index (χ0n) is 24.5. The van der Waals surface area contributed by atoms with Gasteiger partial charge in [0.15, 0.2) is 5.82 Å². The van der Waals surface area contributed by atoms with Crippen molar-refractivity contribution in [3.05, 3.63) is 48.5 Å². The van der Waals surface area contributed by atoms with Gasteiger partial charge in [-0.25, -0.2) is 18.1 Å². The first-order valence-corrected chi connectivity index (χ1v) is 15.8. The van der Waals surface area contributed by atoms with Gasteiger partial charge in [-0.2, -0.15) is 5.10 Å². The number of aromatic nitrogens is 5. The summed E-state index contributed by atoms with van der Waals surface area (Å²) in [6, 6.07) is 7.95. The van der Waals surface area contributed by atoms with Gasteiger partial charge in [0.25, 0.3) is 0 Å². The number of methoxy groups -OCH3 is 1. The fraction of sp³-hybridized carbons (Fsp3) is 0.448. The molecule has 0 radical (unpaired) electrons. The minimum absolute atomic E-state index is 0.0898. The fourth-order valence-corrected chi connectivity index (χ4v) is 6.50. The summed E-state index contributed by atoms with van der Waals surface area (Å²) < 4.78 is 31.3. The molecule has 41 heavy (non-hydrogen) atoms. The van der Waals surface area contributed by atoms with Gasteiger partial charge >= 0.3 is 0 Å². The number of pyridine rings is 3. The summed E-state index contributed by atoms with van der Waals surface area (Å²) in [6.45, 7) is 6.45. The van der Waals surface area contributed by atoms with Crippen LogP contribution >= 0.6 is 0 Å². The van der Waals surface area contributed by atoms with Crippen molar-refractivity contribution >= 4 is 32.2 Å². The van der Waals surface area contributed by atoms with Gasteiger partial charge < -0.3 is 19.9 Å². The van der Waals surface area contributed by atoms with Crippen LogP contribution in [0.3, 0.4) is 0 Å². The van der Waals surface area contributed by atoms with E-state index in [9.17, 15) is 8.42 Å². The number of sulfone groups is 1. The van der Waals surface area contributed by atoms with Crippen LogP contribution in [0.25, 0.3) is 28.0 Å². The molecule has 1 aliphatic rings. The number of anilines is 2. The third kappa shape index (κ3) is 6.28. The number of hydrogen-bond acceptors (Lipinski definition) is 10. The highest BCUT2D eigenvalue weighted by molar-refractivity contribution is 7.90. The largest absolute Gasteiger partial charge is 0.496 e. The molecule has 1 saturated heterocycles. The molecule has 12 heteroatoms. The van der Waals surface area contributed by atoms with Crippen LogP contribution in [0.15, 0.2) is 42.9 Å². The summed E-state index contributed by atoms with van der Waals surface area (Å²) in [4.78, 5) is 18.4. The fourth-order valence-electron chi connectivity index (χ4n) is 5.34. The van der Waals surface area contributed by atoms with Gasteiger partial charge in [-0.3, -0.25) is 9.97 Å². The van der Waals surface area contributed by atoms with Crippen LogP contribution in [0.5, 0.6) is 5.75 Å². The molecule has 1 fully saturated rings. The minimum atomic E-state index is -3.05. The molecular weight excluding hydrogens is 540 g/mol. The predicted molar refractivity (Wildman–Crippen MR) is 163 cm³/mol. The maximum Gasteiger partial charge on any atom is 0.158 e. The lowest BCUT2D eigenvalue weighted by Crippen LogP contribution is -2.57. The third-order valence-electron chi connectivity index (χ3n) is 7.59. The molecule has 4 aromatic heterocycles. The molecule has 11 nitrogen and oxygen atoms in total. The van der Waals surface area contributed by atoms with E-state index in [-0.39, 0.29) is 17.7 Å². The van der Waals surface area contributed by atoms with E-state index in [0.29, 0.717) is 18.1 Å². The highest BCUT2D eigenvalue weighted by atomic mass is 32.2. The molecule has 1 aliphatic heterocycles. The SMILES string of the molecule is COc1ccncc1-c1cc2c(cnn2-c2cc(N3C[C@H](CS(C)(=O)=O)[C@H]3C)cc(NCCCN(C)C)n2)c(C)n1. The van der Waals surface area contributed by atoms with Crippen molar-refractivity contribution < 1.29 is 13.2 Å². The van der Waals surface area contributed by atoms with E-state index in [2.05, 4.69) is 41.1 Å². The van der Waals surface area contributed by atoms with Crippen LogP contribution in [0.4, 0.5) is 11.5 Å². The molecule has 218 valence electrons. The molecule has 0 unspecified atom stereocenters. The monoisotopic (exact) mass is 578 g/mol. The Morgan fingerprint density at radius 2 is 1.98 bits per heavy atom. The Morgan fingerprint density at radius 1 is 1.17 bits per heavy atom. The van der Waals surface area contributed by atoms with Crippen molar-refractivity contribution in [2.24, 2.45) is 5.92 Å². The second-order valence-electron chi connectivity index (χ2n) is 11.1. The lowest BCUT2D eigenvalue weighted by molar-refractivity contribution is 0.341. The molecule has 5 heterocycles. The topological polar surface area (TPSA) is 118 Å². The van der Waals surface area contributed by atoms with Gasteiger partial charge in [0.2, 0.25) is 0 Å². The molecule has 5 rings (SSSR count). The van der Waals surface area contributed by atoms with Crippen molar-refractivity contribution in [1.82, 2.24) is 29.6 Å². The van der Waals surface area contributed by atoms with E-state index < -0.39 is 9.84 Å². The highest BCUT2D eigenvalue weighted by Crippen LogP contribution is 2.35. The summed E-state index contributed by atoms with van der Waals surface area (Å²) in [6.07, 6.45) is 7.53. The van der Waals surface area contributed by atoms with Crippen LogP contribution in [0.1, 0.15) is 19.0 Å². The summed E-state index contributed by atoms with van der Waals surface area (Å²) in [7, 11) is 2.71. The van der Waals surface area contributed by atoms with E-state index in [1.165, 1.54) is 6.26 Å². The van der Waals surface area contributed by atoms with Gasteiger partial charge in [0.1, 0.15) is 21.4 Å². The summed E-state index contributed by atoms with van der Waals surface area (Å²) in [5, 5.41) is 9.14. The molecule has 1 N–H and O–H groups in total. The van der Waals surface area contributed by atoms with E-state index >= 15 is 0 Å². The lowest BCUT2D eigenvalue weighted by atomic mass is 9.91. The number of fused-ring (bicyclic) bond motifs is 1. The maximum absolute atomic E-state index is 11.9. The summed E-state index contributed by atoms with van der Waals surface area (Å²) in [5.41, 5.74) is 4.22. The maximum atomic E-state index is 11.9. The Bertz CT molecular complexity index is 1650. The molecule has 0 aromatic carbocycles. The lowest BCUT2D eigenvalue weighted by Gasteiger charge is -2.48. The van der Waals surface area contributed by atoms with E-state index in [4.69, 9.17) is 19.8 Å². The molecule has 0 aliphatic carbocycles. The Hall–Kier alpha value is -3.77. The van der Waals surface area contributed by atoms with Crippen LogP contribution < -0.4 is 15.0 Å². The zero-order chi connectivity index (χ0) is 29.3. The first-order valence-electron chi connectivity index (χ1n) is 13.7. The average molecular weight is 579 g/mol. The number of aryl methyl sites for hydroxylation is 1. The third-order valence-corrected chi connectivity index (χ3v) is 8.62. The second-order valence-corrected chi connectivity index (χ2v) is 13.2. The van der Waals surface area contributed by atoms with Crippen molar-refractivity contribution in [3.63, 3.8) is 0 Å². The Labute approximate surface area is 241 Å². The predicted octanol–water partition coefficient (Wildman–Crippen LogP) is 3.43. The van der Waals surface area contributed by atoms with Crippen LogP contribution in [-0.2, 0) is 9.84 Å². The molecule has 0 spiro atoms. The van der Waals surface area contributed by atoms with Gasteiger partial charge in [-0.1, -0.05) is 0 Å². The number of hydrogen-bond donors (Lipinski definition) is 1. The minimum Gasteiger partial charge on any atom is -0.496 e. The second kappa shape index (κ2) is 11.6. The summed E-state index contributed by atoms with van der Waals surface area (Å²) >= 11 is 0. The van der Waals surface area contributed by atoms with Crippen molar-refractivity contribution in [1.29, 1.82) is 0 Å². The van der Waals surface area contributed by atoms with Gasteiger partial charge in [0.05, 0.1) is 35.8 Å². The van der Waals surface area contributed by atoms with Crippen molar-refractivity contribution in [3.8, 4) is 22.8 Å². The van der Waals surface area contributed by atoms with Gasteiger partial charge in [-0.15, -0.1) is 0 Å². The smallest absolute Gasteiger partial charge is 0.158 e. The van der Waals surface area contributed by atoms with E-state index in [1.807, 2.05) is 42.1 Å². The molecule has 0 bridgehead atoms. The Morgan fingerprint density at radius 3 is 2.68 bits per heavy atom. The number of nitrogens with zero attached hydrogens (tertiary/aromatic N) is 7. The zero-order valence-corrected chi connectivity index (χ0v) is 25.3. The summed E-state index contributed by atoms with van der Waals surface area (Å²) in [5.74, 6) is 2.39. The van der Waals surface area contributed by atoms with Crippen molar-refractivity contribution in [2.45, 2.75) is 26.3 Å². The number of ether oxygens (including phenoxy) is 1. The average Bonchev–Trinajstić information content (AvgIpc) is 3.37. The van der Waals surface area contributed by atoms with Gasteiger partial charge in [0, 0.05) is 72.6 Å². The molecule has 0 saturated carbocycles. The number of rotatable bonds is 11. The molecule has 0 amide bonds.